The number of hydrogen-bond donors (Lipinski definition) is 2. The van der Waals surface area contributed by atoms with Gasteiger partial charge in [-0.1, -0.05) is 73.6 Å². The first-order chi connectivity index (χ1) is 15.0. The summed E-state index contributed by atoms with van der Waals surface area (Å²) in [6, 6.07) is 8.14. The third-order valence-electron chi connectivity index (χ3n) is 5.78. The van der Waals surface area contributed by atoms with Gasteiger partial charge in [-0.3, -0.25) is 4.99 Å². The van der Waals surface area contributed by atoms with E-state index in [1.54, 1.807) is 0 Å². The van der Waals surface area contributed by atoms with Gasteiger partial charge < -0.3 is 10.2 Å². The van der Waals surface area contributed by atoms with Gasteiger partial charge in [-0.15, -0.1) is 0 Å². The van der Waals surface area contributed by atoms with Crippen molar-refractivity contribution in [3.63, 3.8) is 0 Å². The van der Waals surface area contributed by atoms with E-state index >= 15 is 0 Å². The fourth-order valence-corrected chi connectivity index (χ4v) is 3.50. The summed E-state index contributed by atoms with van der Waals surface area (Å²) in [5.41, 5.74) is 1.61. The molecule has 0 aromatic heterocycles. The van der Waals surface area contributed by atoms with Crippen LogP contribution < -0.4 is 0 Å². The highest BCUT2D eigenvalue weighted by molar-refractivity contribution is 6.15. The van der Waals surface area contributed by atoms with Crippen molar-refractivity contribution >= 4 is 5.71 Å². The van der Waals surface area contributed by atoms with Gasteiger partial charge in [0.05, 0.1) is 23.9 Å². The summed E-state index contributed by atoms with van der Waals surface area (Å²) in [6.07, 6.45) is -4.45. The van der Waals surface area contributed by atoms with Gasteiger partial charge in [-0.25, -0.2) is 0 Å². The number of benzene rings is 2. The van der Waals surface area contributed by atoms with Gasteiger partial charge >= 0.3 is 6.18 Å². The standard InChI is InChI=1S/C27H36F3NO2/c1-16(2)22(15-32)31-23(17-9-11-18(12-10-17)27(28,29)30)20-13-19(25(3,4)5)14-21(24(20)33)26(6,7)8/h9-14,16,22,32-33H,15H2,1-8H3/t22-/m1/s1. The van der Waals surface area contributed by atoms with Crippen LogP contribution in [0.2, 0.25) is 0 Å². The van der Waals surface area contributed by atoms with E-state index in [2.05, 4.69) is 20.8 Å². The first kappa shape index (κ1) is 26.9. The molecule has 6 heteroatoms. The summed E-state index contributed by atoms with van der Waals surface area (Å²) in [6.45, 7) is 15.8. The molecule has 0 fully saturated rings. The van der Waals surface area contributed by atoms with Crippen molar-refractivity contribution in [3.8, 4) is 5.75 Å². The average molecular weight is 464 g/mol. The quantitative estimate of drug-likeness (QED) is 0.476. The highest BCUT2D eigenvalue weighted by atomic mass is 19.4. The van der Waals surface area contributed by atoms with Gasteiger partial charge in [-0.2, -0.15) is 13.2 Å². The SMILES string of the molecule is CC(C)[C@@H](CO)N=C(c1ccc(C(F)(F)F)cc1)c1cc(C(C)(C)C)cc(C(C)(C)C)c1O. The van der Waals surface area contributed by atoms with E-state index in [0.717, 1.165) is 23.3 Å². The molecule has 0 radical (unpaired) electrons. The number of nitrogens with zero attached hydrogens (tertiary/aromatic N) is 1. The number of hydrogen-bond acceptors (Lipinski definition) is 3. The Bertz CT molecular complexity index is 992. The molecule has 1 atom stereocenters. The number of alkyl halides is 3. The molecular formula is C27H36F3NO2. The van der Waals surface area contributed by atoms with Crippen LogP contribution in [-0.2, 0) is 17.0 Å². The molecule has 3 nitrogen and oxygen atoms in total. The maximum atomic E-state index is 13.1. The number of aliphatic hydroxyl groups excluding tert-OH is 1. The molecule has 0 saturated heterocycles. The first-order valence-corrected chi connectivity index (χ1v) is 11.2. The molecule has 182 valence electrons. The van der Waals surface area contributed by atoms with Gasteiger partial charge in [0.25, 0.3) is 0 Å². The zero-order chi connectivity index (χ0) is 25.4. The molecule has 0 aliphatic rings. The molecule has 0 bridgehead atoms. The third kappa shape index (κ3) is 6.38. The molecule has 0 unspecified atom stereocenters. The molecular weight excluding hydrogens is 427 g/mol. The fourth-order valence-electron chi connectivity index (χ4n) is 3.50. The van der Waals surface area contributed by atoms with Crippen molar-refractivity contribution in [2.24, 2.45) is 10.9 Å². The Morgan fingerprint density at radius 2 is 1.42 bits per heavy atom. The minimum atomic E-state index is -4.45. The van der Waals surface area contributed by atoms with Crippen LogP contribution in [0.3, 0.4) is 0 Å². The smallest absolute Gasteiger partial charge is 0.416 e. The van der Waals surface area contributed by atoms with Crippen LogP contribution in [0.4, 0.5) is 13.2 Å². The number of phenols is 1. The Balaban J connectivity index is 2.89. The first-order valence-electron chi connectivity index (χ1n) is 11.2. The molecule has 2 aromatic rings. The normalized spacial score (nSPS) is 14.6. The molecule has 2 N–H and O–H groups in total. The van der Waals surface area contributed by atoms with E-state index in [0.29, 0.717) is 16.8 Å². The number of phenolic OH excluding ortho intramolecular Hbond substituents is 1. The van der Waals surface area contributed by atoms with E-state index in [-0.39, 0.29) is 29.1 Å². The monoisotopic (exact) mass is 463 g/mol. The summed E-state index contributed by atoms with van der Waals surface area (Å²) in [7, 11) is 0. The number of aromatic hydroxyl groups is 1. The van der Waals surface area contributed by atoms with E-state index in [1.165, 1.54) is 12.1 Å². The fraction of sp³-hybridized carbons (Fsp3) is 0.519. The van der Waals surface area contributed by atoms with Gasteiger partial charge in [-0.05, 0) is 40.5 Å². The highest BCUT2D eigenvalue weighted by Gasteiger charge is 2.31. The lowest BCUT2D eigenvalue weighted by molar-refractivity contribution is -0.137. The summed E-state index contributed by atoms with van der Waals surface area (Å²) < 4.78 is 39.4. The Morgan fingerprint density at radius 1 is 0.879 bits per heavy atom. The average Bonchev–Trinajstić information content (AvgIpc) is 2.67. The zero-order valence-corrected chi connectivity index (χ0v) is 20.8. The van der Waals surface area contributed by atoms with Crippen LogP contribution in [0.25, 0.3) is 0 Å². The van der Waals surface area contributed by atoms with E-state index in [4.69, 9.17) is 4.99 Å². The Morgan fingerprint density at radius 3 is 1.82 bits per heavy atom. The van der Waals surface area contributed by atoms with E-state index in [1.807, 2.05) is 46.8 Å². The topological polar surface area (TPSA) is 52.8 Å². The number of aliphatic imine (C=N–C) groups is 1. The third-order valence-corrected chi connectivity index (χ3v) is 5.78. The number of aliphatic hydroxyl groups is 1. The Labute approximate surface area is 195 Å². The molecule has 0 aliphatic heterocycles. The van der Waals surface area contributed by atoms with E-state index < -0.39 is 17.8 Å². The highest BCUT2D eigenvalue weighted by Crippen LogP contribution is 2.39. The van der Waals surface area contributed by atoms with Gasteiger partial charge in [0.1, 0.15) is 5.75 Å². The summed E-state index contributed by atoms with van der Waals surface area (Å²) in [5, 5.41) is 21.2. The van der Waals surface area contributed by atoms with E-state index in [9.17, 15) is 23.4 Å². The number of halogens is 3. The lowest BCUT2D eigenvalue weighted by atomic mass is 9.78. The number of rotatable bonds is 5. The predicted molar refractivity (Wildman–Crippen MR) is 128 cm³/mol. The van der Waals surface area contributed by atoms with Crippen LogP contribution in [0, 0.1) is 5.92 Å². The summed E-state index contributed by atoms with van der Waals surface area (Å²) in [5.74, 6) is 0.0454. The maximum Gasteiger partial charge on any atom is 0.416 e. The van der Waals surface area contributed by atoms with Crippen LogP contribution in [0.5, 0.6) is 5.75 Å². The minimum Gasteiger partial charge on any atom is -0.507 e. The molecule has 0 amide bonds. The maximum absolute atomic E-state index is 13.1. The molecule has 2 aromatic carbocycles. The Kier molecular flexibility index (Phi) is 7.74. The second kappa shape index (κ2) is 9.49. The lowest BCUT2D eigenvalue weighted by Gasteiger charge is -2.28. The van der Waals surface area contributed by atoms with Gasteiger partial charge in [0.15, 0.2) is 0 Å². The van der Waals surface area contributed by atoms with Gasteiger partial charge in [0, 0.05) is 16.7 Å². The predicted octanol–water partition coefficient (Wildman–Crippen LogP) is 6.86. The summed E-state index contributed by atoms with van der Waals surface area (Å²) in [4.78, 5) is 4.76. The van der Waals surface area contributed by atoms with Crippen LogP contribution in [-0.4, -0.2) is 28.6 Å². The minimum absolute atomic E-state index is 0.00511. The molecule has 0 saturated carbocycles. The zero-order valence-electron chi connectivity index (χ0n) is 20.8. The van der Waals surface area contributed by atoms with Crippen molar-refractivity contribution < 1.29 is 23.4 Å². The second-order valence-corrected chi connectivity index (χ2v) is 11.0. The van der Waals surface area contributed by atoms with Crippen LogP contribution >= 0.6 is 0 Å². The molecule has 0 aliphatic carbocycles. The lowest BCUT2D eigenvalue weighted by Crippen LogP contribution is -2.23. The second-order valence-electron chi connectivity index (χ2n) is 11.0. The molecule has 0 spiro atoms. The van der Waals surface area contributed by atoms with Crippen molar-refractivity contribution in [1.29, 1.82) is 0 Å². The molecule has 33 heavy (non-hydrogen) atoms. The van der Waals surface area contributed by atoms with Crippen molar-refractivity contribution in [2.75, 3.05) is 6.61 Å². The summed E-state index contributed by atoms with van der Waals surface area (Å²) >= 11 is 0. The van der Waals surface area contributed by atoms with Crippen LogP contribution in [0.15, 0.2) is 41.4 Å². The van der Waals surface area contributed by atoms with Crippen molar-refractivity contribution in [1.82, 2.24) is 0 Å². The molecule has 0 heterocycles. The Hall–Kier alpha value is -2.34. The van der Waals surface area contributed by atoms with Gasteiger partial charge in [0.2, 0.25) is 0 Å². The molecule has 2 rings (SSSR count). The van der Waals surface area contributed by atoms with Crippen molar-refractivity contribution in [2.45, 2.75) is 78.4 Å². The van der Waals surface area contributed by atoms with Crippen molar-refractivity contribution in [3.05, 3.63) is 64.2 Å². The largest absolute Gasteiger partial charge is 0.507 e. The van der Waals surface area contributed by atoms with Crippen LogP contribution in [0.1, 0.15) is 83.2 Å².